The third-order valence-electron chi connectivity index (χ3n) is 4.24. The molecule has 1 aromatic heterocycles. The number of nitrogens with one attached hydrogen (secondary N) is 1. The minimum absolute atomic E-state index is 0.261. The van der Waals surface area contributed by atoms with Gasteiger partial charge < -0.3 is 15.0 Å². The van der Waals surface area contributed by atoms with Gasteiger partial charge in [0.25, 0.3) is 5.91 Å². The summed E-state index contributed by atoms with van der Waals surface area (Å²) in [7, 11) is 0. The van der Waals surface area contributed by atoms with Gasteiger partial charge in [-0.15, -0.1) is 0 Å². The van der Waals surface area contributed by atoms with Gasteiger partial charge in [0.1, 0.15) is 5.69 Å². The molecule has 3 aromatic rings. The van der Waals surface area contributed by atoms with Crippen LogP contribution in [0.2, 0.25) is 5.02 Å². The molecule has 132 valence electrons. The third kappa shape index (κ3) is 3.47. The maximum Gasteiger partial charge on any atom is 0.275 e. The molecular weight excluding hydrogens is 352 g/mol. The second-order valence-electron chi connectivity index (χ2n) is 5.96. The lowest BCUT2D eigenvalue weighted by Crippen LogP contribution is -2.36. The van der Waals surface area contributed by atoms with Gasteiger partial charge in [-0.2, -0.15) is 0 Å². The maximum absolute atomic E-state index is 12.7. The summed E-state index contributed by atoms with van der Waals surface area (Å²) in [6.07, 6.45) is 1.48. The van der Waals surface area contributed by atoms with Crippen molar-refractivity contribution in [3.63, 3.8) is 0 Å². The molecule has 0 aliphatic carbocycles. The average molecular weight is 369 g/mol. The molecule has 1 aliphatic rings. The second-order valence-corrected chi connectivity index (χ2v) is 6.40. The smallest absolute Gasteiger partial charge is 0.275 e. The van der Waals surface area contributed by atoms with E-state index in [1.54, 1.807) is 6.07 Å². The van der Waals surface area contributed by atoms with Gasteiger partial charge in [-0.1, -0.05) is 23.7 Å². The number of nitrogens with zero attached hydrogens (tertiary/aromatic N) is 3. The van der Waals surface area contributed by atoms with Gasteiger partial charge >= 0.3 is 0 Å². The van der Waals surface area contributed by atoms with Crippen molar-refractivity contribution in [1.82, 2.24) is 9.97 Å². The van der Waals surface area contributed by atoms with Gasteiger partial charge in [-0.25, -0.2) is 4.98 Å². The van der Waals surface area contributed by atoms with Crippen molar-refractivity contribution in [3.05, 3.63) is 59.4 Å². The van der Waals surface area contributed by atoms with E-state index in [0.717, 1.165) is 24.3 Å². The number of morpholine rings is 1. The molecule has 0 radical (unpaired) electrons. The molecule has 2 aromatic carbocycles. The van der Waals surface area contributed by atoms with E-state index in [0.29, 0.717) is 29.4 Å². The number of aromatic nitrogens is 2. The van der Waals surface area contributed by atoms with Crippen LogP contribution < -0.4 is 10.2 Å². The van der Waals surface area contributed by atoms with Crippen molar-refractivity contribution in [2.24, 2.45) is 0 Å². The van der Waals surface area contributed by atoms with E-state index in [2.05, 4.69) is 20.2 Å². The molecule has 0 unspecified atom stereocenters. The standard InChI is InChI=1S/C19H17ClN4O2/c20-13-5-6-18(24-7-9-26-10-8-24)16(11-13)23-19(25)17-12-21-14-3-1-2-4-15(14)22-17/h1-6,11-12H,7-10H2,(H,23,25). The molecule has 1 amide bonds. The normalized spacial score (nSPS) is 14.4. The van der Waals surface area contributed by atoms with Crippen LogP contribution in [0.1, 0.15) is 10.5 Å². The Bertz CT molecular complexity index is 957. The topological polar surface area (TPSA) is 67.4 Å². The van der Waals surface area contributed by atoms with Crippen LogP contribution in [-0.2, 0) is 4.74 Å². The number of hydrogen-bond donors (Lipinski definition) is 1. The Morgan fingerprint density at radius 3 is 2.69 bits per heavy atom. The van der Waals surface area contributed by atoms with Crippen molar-refractivity contribution in [1.29, 1.82) is 0 Å². The fraction of sp³-hybridized carbons (Fsp3) is 0.211. The predicted molar refractivity (Wildman–Crippen MR) is 102 cm³/mol. The average Bonchev–Trinajstić information content (AvgIpc) is 2.68. The summed E-state index contributed by atoms with van der Waals surface area (Å²) in [6, 6.07) is 12.9. The molecule has 1 fully saturated rings. The molecule has 6 nitrogen and oxygen atoms in total. The van der Waals surface area contributed by atoms with Gasteiger partial charge in [-0.3, -0.25) is 9.78 Å². The lowest BCUT2D eigenvalue weighted by molar-refractivity contribution is 0.102. The second kappa shape index (κ2) is 7.27. The molecule has 7 heteroatoms. The highest BCUT2D eigenvalue weighted by Gasteiger charge is 2.18. The van der Waals surface area contributed by atoms with Crippen molar-refractivity contribution >= 4 is 39.9 Å². The Morgan fingerprint density at radius 1 is 1.12 bits per heavy atom. The highest BCUT2D eigenvalue weighted by Crippen LogP contribution is 2.30. The monoisotopic (exact) mass is 368 g/mol. The Labute approximate surface area is 155 Å². The number of halogens is 1. The van der Waals surface area contributed by atoms with Gasteiger partial charge in [0.15, 0.2) is 0 Å². The van der Waals surface area contributed by atoms with E-state index in [4.69, 9.17) is 16.3 Å². The summed E-state index contributed by atoms with van der Waals surface area (Å²) >= 11 is 6.14. The van der Waals surface area contributed by atoms with Gasteiger partial charge in [0, 0.05) is 18.1 Å². The third-order valence-corrected chi connectivity index (χ3v) is 4.47. The van der Waals surface area contributed by atoms with Crippen molar-refractivity contribution in [2.75, 3.05) is 36.5 Å². The molecule has 1 N–H and O–H groups in total. The summed E-state index contributed by atoms with van der Waals surface area (Å²) in [5.41, 5.74) is 3.26. The molecule has 1 saturated heterocycles. The van der Waals surface area contributed by atoms with Crippen LogP contribution in [0.4, 0.5) is 11.4 Å². The first-order chi connectivity index (χ1) is 12.7. The summed E-state index contributed by atoms with van der Waals surface area (Å²) in [4.78, 5) is 23.6. The van der Waals surface area contributed by atoms with E-state index in [-0.39, 0.29) is 11.6 Å². The number of ether oxygens (including phenoxy) is 1. The van der Waals surface area contributed by atoms with Crippen LogP contribution in [0.3, 0.4) is 0 Å². The van der Waals surface area contributed by atoms with E-state index in [9.17, 15) is 4.79 Å². The van der Waals surface area contributed by atoms with Crippen LogP contribution in [0, 0.1) is 0 Å². The van der Waals surface area contributed by atoms with Crippen molar-refractivity contribution in [3.8, 4) is 0 Å². The minimum atomic E-state index is -0.319. The van der Waals surface area contributed by atoms with Crippen LogP contribution in [0.15, 0.2) is 48.7 Å². The van der Waals surface area contributed by atoms with Crippen LogP contribution in [-0.4, -0.2) is 42.2 Å². The summed E-state index contributed by atoms with van der Waals surface area (Å²) in [5, 5.41) is 3.48. The highest BCUT2D eigenvalue weighted by molar-refractivity contribution is 6.31. The predicted octanol–water partition coefficient (Wildman–Crippen LogP) is 3.37. The van der Waals surface area contributed by atoms with Gasteiger partial charge in [0.05, 0.1) is 41.8 Å². The Kier molecular flexibility index (Phi) is 4.69. The molecule has 0 saturated carbocycles. The van der Waals surface area contributed by atoms with Gasteiger partial charge in [0.2, 0.25) is 0 Å². The number of hydrogen-bond acceptors (Lipinski definition) is 5. The van der Waals surface area contributed by atoms with Crippen molar-refractivity contribution in [2.45, 2.75) is 0 Å². The van der Waals surface area contributed by atoms with E-state index < -0.39 is 0 Å². The summed E-state index contributed by atoms with van der Waals surface area (Å²) in [5.74, 6) is -0.319. The lowest BCUT2D eigenvalue weighted by atomic mass is 10.2. The number of rotatable bonds is 3. The quantitative estimate of drug-likeness (QED) is 0.767. The number of carbonyl (C=O) groups is 1. The highest BCUT2D eigenvalue weighted by atomic mass is 35.5. The van der Waals surface area contributed by atoms with Crippen molar-refractivity contribution < 1.29 is 9.53 Å². The largest absolute Gasteiger partial charge is 0.378 e. The molecule has 1 aliphatic heterocycles. The molecule has 4 rings (SSSR count). The Morgan fingerprint density at radius 2 is 1.88 bits per heavy atom. The first-order valence-corrected chi connectivity index (χ1v) is 8.74. The van der Waals surface area contributed by atoms with Gasteiger partial charge in [-0.05, 0) is 30.3 Å². The Hall–Kier alpha value is -2.70. The van der Waals surface area contributed by atoms with E-state index in [1.807, 2.05) is 36.4 Å². The first kappa shape index (κ1) is 16.8. The number of para-hydroxylation sites is 2. The van der Waals surface area contributed by atoms with E-state index in [1.165, 1.54) is 6.20 Å². The lowest BCUT2D eigenvalue weighted by Gasteiger charge is -2.30. The molecule has 26 heavy (non-hydrogen) atoms. The number of fused-ring (bicyclic) bond motifs is 1. The first-order valence-electron chi connectivity index (χ1n) is 8.36. The SMILES string of the molecule is O=C(Nc1cc(Cl)ccc1N1CCOCC1)c1cnc2ccccc2n1. The molecule has 0 atom stereocenters. The zero-order chi connectivity index (χ0) is 17.9. The van der Waals surface area contributed by atoms with E-state index >= 15 is 0 Å². The van der Waals surface area contributed by atoms with Crippen LogP contribution >= 0.6 is 11.6 Å². The molecular formula is C19H17ClN4O2. The zero-order valence-corrected chi connectivity index (χ0v) is 14.7. The zero-order valence-electron chi connectivity index (χ0n) is 14.0. The number of carbonyl (C=O) groups excluding carboxylic acids is 1. The fourth-order valence-corrected chi connectivity index (χ4v) is 3.11. The van der Waals surface area contributed by atoms with Crippen LogP contribution in [0.25, 0.3) is 11.0 Å². The number of benzene rings is 2. The van der Waals surface area contributed by atoms with Crippen LogP contribution in [0.5, 0.6) is 0 Å². The summed E-state index contributed by atoms with van der Waals surface area (Å²) < 4.78 is 5.40. The maximum atomic E-state index is 12.7. The fourth-order valence-electron chi connectivity index (χ4n) is 2.94. The molecule has 2 heterocycles. The minimum Gasteiger partial charge on any atom is -0.378 e. The number of anilines is 2. The Balaban J connectivity index is 1.62. The molecule has 0 bridgehead atoms. The summed E-state index contributed by atoms with van der Waals surface area (Å²) in [6.45, 7) is 2.85. The number of amides is 1. The molecule has 0 spiro atoms.